The molecule has 0 bridgehead atoms. The lowest BCUT2D eigenvalue weighted by Crippen LogP contribution is -2.10. The number of rotatable bonds is 9. The van der Waals surface area contributed by atoms with Crippen molar-refractivity contribution < 1.29 is 9.47 Å². The molecule has 0 aliphatic rings. The Morgan fingerprint density at radius 1 is 1.17 bits per heavy atom. The van der Waals surface area contributed by atoms with E-state index in [2.05, 4.69) is 31.3 Å². The summed E-state index contributed by atoms with van der Waals surface area (Å²) in [7, 11) is 1.67. The average molecular weight is 251 g/mol. The highest BCUT2D eigenvalue weighted by molar-refractivity contribution is 5.46. The molecule has 1 rings (SSSR count). The molecule has 0 fully saturated rings. The number of hydrogen-bond donors (Lipinski definition) is 1. The maximum Gasteiger partial charge on any atom is 0.119 e. The van der Waals surface area contributed by atoms with E-state index in [0.717, 1.165) is 18.0 Å². The maximum atomic E-state index is 5.51. The molecule has 1 aromatic carbocycles. The van der Waals surface area contributed by atoms with Gasteiger partial charge in [0.2, 0.25) is 0 Å². The quantitative estimate of drug-likeness (QED) is 0.681. The number of anilines is 1. The number of benzene rings is 1. The molecule has 0 saturated heterocycles. The monoisotopic (exact) mass is 251 g/mol. The van der Waals surface area contributed by atoms with Gasteiger partial charge in [-0.3, -0.25) is 0 Å². The number of ether oxygens (including phenoxy) is 2. The summed E-state index contributed by atoms with van der Waals surface area (Å²) in [5.41, 5.74) is 1.15. The lowest BCUT2D eigenvalue weighted by atomic mass is 10.1. The van der Waals surface area contributed by atoms with Crippen molar-refractivity contribution in [2.45, 2.75) is 26.7 Å². The molecule has 1 atom stereocenters. The fourth-order valence-electron chi connectivity index (χ4n) is 1.80. The van der Waals surface area contributed by atoms with E-state index in [1.807, 2.05) is 12.1 Å². The molecule has 0 saturated carbocycles. The van der Waals surface area contributed by atoms with Gasteiger partial charge in [-0.15, -0.1) is 0 Å². The van der Waals surface area contributed by atoms with Crippen LogP contribution in [0.5, 0.6) is 5.75 Å². The van der Waals surface area contributed by atoms with Gasteiger partial charge in [0.05, 0.1) is 6.61 Å². The molecule has 18 heavy (non-hydrogen) atoms. The Bertz CT molecular complexity index is 311. The van der Waals surface area contributed by atoms with E-state index in [1.165, 1.54) is 12.8 Å². The summed E-state index contributed by atoms with van der Waals surface area (Å²) >= 11 is 0. The van der Waals surface area contributed by atoms with Crippen LogP contribution in [0.4, 0.5) is 5.69 Å². The first-order valence-corrected chi connectivity index (χ1v) is 6.72. The van der Waals surface area contributed by atoms with Crippen LogP contribution in [-0.4, -0.2) is 26.9 Å². The zero-order valence-electron chi connectivity index (χ0n) is 11.7. The highest BCUT2D eigenvalue weighted by Crippen LogP contribution is 2.16. The third-order valence-corrected chi connectivity index (χ3v) is 2.85. The molecule has 1 N–H and O–H groups in total. The fraction of sp³-hybridized carbons (Fsp3) is 0.600. The summed E-state index contributed by atoms with van der Waals surface area (Å²) in [6, 6.07) is 8.09. The number of nitrogens with one attached hydrogen (secondary N) is 1. The molecular formula is C15H25NO2. The van der Waals surface area contributed by atoms with Crippen molar-refractivity contribution in [1.29, 1.82) is 0 Å². The largest absolute Gasteiger partial charge is 0.491 e. The molecule has 1 aromatic rings. The molecule has 0 heterocycles. The van der Waals surface area contributed by atoms with Crippen molar-refractivity contribution >= 4 is 5.69 Å². The molecular weight excluding hydrogens is 226 g/mol. The number of hydrogen-bond acceptors (Lipinski definition) is 3. The second-order valence-corrected chi connectivity index (χ2v) is 4.64. The predicted octanol–water partition coefficient (Wildman–Crippen LogP) is 3.56. The minimum absolute atomic E-state index is 0.594. The molecule has 0 aromatic heterocycles. The van der Waals surface area contributed by atoms with E-state index in [4.69, 9.17) is 9.47 Å². The van der Waals surface area contributed by atoms with Gasteiger partial charge < -0.3 is 14.8 Å². The van der Waals surface area contributed by atoms with Crippen molar-refractivity contribution in [3.63, 3.8) is 0 Å². The van der Waals surface area contributed by atoms with Gasteiger partial charge in [0, 0.05) is 19.3 Å². The summed E-state index contributed by atoms with van der Waals surface area (Å²) in [6.07, 6.45) is 2.51. The number of methoxy groups -OCH3 is 1. The average Bonchev–Trinajstić information content (AvgIpc) is 2.38. The van der Waals surface area contributed by atoms with E-state index in [-0.39, 0.29) is 0 Å². The standard InChI is InChI=1S/C15H25NO2/c1-4-5-13(2)12-16-14-6-8-15(9-7-14)18-11-10-17-3/h6-9,13,16H,4-5,10-12H2,1-3H3. The molecule has 0 aliphatic carbocycles. The van der Waals surface area contributed by atoms with Crippen LogP contribution in [0.2, 0.25) is 0 Å². The molecule has 0 aliphatic heterocycles. The van der Waals surface area contributed by atoms with Crippen molar-refractivity contribution in [3.05, 3.63) is 24.3 Å². The second kappa shape index (κ2) is 8.81. The summed E-state index contributed by atoms with van der Waals surface area (Å²) < 4.78 is 10.5. The predicted molar refractivity (Wildman–Crippen MR) is 76.4 cm³/mol. The summed E-state index contributed by atoms with van der Waals surface area (Å²) in [5, 5.41) is 3.44. The van der Waals surface area contributed by atoms with Crippen LogP contribution in [0, 0.1) is 5.92 Å². The first kappa shape index (κ1) is 14.8. The van der Waals surface area contributed by atoms with Gasteiger partial charge in [0.25, 0.3) is 0 Å². The summed E-state index contributed by atoms with van der Waals surface area (Å²) in [5.74, 6) is 1.60. The first-order chi connectivity index (χ1) is 8.76. The minimum atomic E-state index is 0.594. The molecule has 3 heteroatoms. The van der Waals surface area contributed by atoms with Crippen LogP contribution in [0.15, 0.2) is 24.3 Å². The summed E-state index contributed by atoms with van der Waals surface area (Å²) in [6.45, 7) is 6.74. The van der Waals surface area contributed by atoms with Gasteiger partial charge in [-0.05, 0) is 36.6 Å². The topological polar surface area (TPSA) is 30.5 Å². The van der Waals surface area contributed by atoms with Gasteiger partial charge in [0.1, 0.15) is 12.4 Å². The Morgan fingerprint density at radius 2 is 1.89 bits per heavy atom. The Kier molecular flexibility index (Phi) is 7.26. The van der Waals surface area contributed by atoms with E-state index in [1.54, 1.807) is 7.11 Å². The molecule has 0 radical (unpaired) electrons. The Hall–Kier alpha value is -1.22. The van der Waals surface area contributed by atoms with E-state index in [0.29, 0.717) is 19.1 Å². The van der Waals surface area contributed by atoms with Crippen molar-refractivity contribution in [2.75, 3.05) is 32.2 Å². The van der Waals surface area contributed by atoms with Crippen molar-refractivity contribution in [3.8, 4) is 5.75 Å². The van der Waals surface area contributed by atoms with Gasteiger partial charge in [-0.2, -0.15) is 0 Å². The van der Waals surface area contributed by atoms with Crippen LogP contribution in [0.25, 0.3) is 0 Å². The fourth-order valence-corrected chi connectivity index (χ4v) is 1.80. The van der Waals surface area contributed by atoms with E-state index in [9.17, 15) is 0 Å². The molecule has 1 unspecified atom stereocenters. The normalized spacial score (nSPS) is 12.2. The van der Waals surface area contributed by atoms with E-state index >= 15 is 0 Å². The van der Waals surface area contributed by atoms with Gasteiger partial charge in [0.15, 0.2) is 0 Å². The zero-order chi connectivity index (χ0) is 13.2. The second-order valence-electron chi connectivity index (χ2n) is 4.64. The summed E-state index contributed by atoms with van der Waals surface area (Å²) in [4.78, 5) is 0. The smallest absolute Gasteiger partial charge is 0.119 e. The Morgan fingerprint density at radius 3 is 2.50 bits per heavy atom. The third-order valence-electron chi connectivity index (χ3n) is 2.85. The van der Waals surface area contributed by atoms with Crippen LogP contribution < -0.4 is 10.1 Å². The van der Waals surface area contributed by atoms with Crippen LogP contribution in [0.3, 0.4) is 0 Å². The highest BCUT2D eigenvalue weighted by Gasteiger charge is 2.00. The lowest BCUT2D eigenvalue weighted by Gasteiger charge is -2.13. The Labute approximate surface area is 110 Å². The maximum absolute atomic E-state index is 5.51. The van der Waals surface area contributed by atoms with Crippen molar-refractivity contribution in [2.24, 2.45) is 5.92 Å². The molecule has 0 amide bonds. The van der Waals surface area contributed by atoms with Gasteiger partial charge >= 0.3 is 0 Å². The highest BCUT2D eigenvalue weighted by atomic mass is 16.5. The first-order valence-electron chi connectivity index (χ1n) is 6.72. The molecule has 3 nitrogen and oxygen atoms in total. The molecule has 0 spiro atoms. The van der Waals surface area contributed by atoms with Crippen molar-refractivity contribution in [1.82, 2.24) is 0 Å². The van der Waals surface area contributed by atoms with Crippen LogP contribution >= 0.6 is 0 Å². The van der Waals surface area contributed by atoms with Crippen LogP contribution in [-0.2, 0) is 4.74 Å². The zero-order valence-corrected chi connectivity index (χ0v) is 11.7. The SMILES string of the molecule is CCCC(C)CNc1ccc(OCCOC)cc1. The van der Waals surface area contributed by atoms with Crippen LogP contribution in [0.1, 0.15) is 26.7 Å². The lowest BCUT2D eigenvalue weighted by molar-refractivity contribution is 0.146. The van der Waals surface area contributed by atoms with Gasteiger partial charge in [-0.1, -0.05) is 20.3 Å². The molecule has 102 valence electrons. The van der Waals surface area contributed by atoms with Gasteiger partial charge in [-0.25, -0.2) is 0 Å². The van der Waals surface area contributed by atoms with E-state index < -0.39 is 0 Å². The Balaban J connectivity index is 2.31. The third kappa shape index (κ3) is 5.92. The minimum Gasteiger partial charge on any atom is -0.491 e.